The molecule has 1 aliphatic rings. The lowest BCUT2D eigenvalue weighted by Crippen LogP contribution is -2.44. The van der Waals surface area contributed by atoms with Gasteiger partial charge in [0.25, 0.3) is 5.91 Å². The smallest absolute Gasteiger partial charge is 0.303 e. The van der Waals surface area contributed by atoms with E-state index >= 15 is 0 Å². The number of aliphatic carboxylic acids is 1. The Morgan fingerprint density at radius 2 is 2.00 bits per heavy atom. The molecule has 0 spiro atoms. The Hall–Kier alpha value is -2.80. The molecule has 0 radical (unpaired) electrons. The highest BCUT2D eigenvalue weighted by Crippen LogP contribution is 2.18. The Bertz CT molecular complexity index is 818. The molecule has 0 aliphatic carbocycles. The quantitative estimate of drug-likeness (QED) is 0.766. The normalized spacial score (nSPS) is 15.3. The molecule has 1 saturated heterocycles. The fourth-order valence-electron chi connectivity index (χ4n) is 3.37. The molecule has 2 aromatic rings. The number of nitrogens with one attached hydrogen (secondary N) is 1. The summed E-state index contributed by atoms with van der Waals surface area (Å²) in [7, 11) is 0. The number of carboxylic acids is 1. The number of rotatable bonds is 7. The second-order valence-electron chi connectivity index (χ2n) is 7.03. The Morgan fingerprint density at radius 1 is 1.21 bits per heavy atom. The zero-order chi connectivity index (χ0) is 19.9. The van der Waals surface area contributed by atoms with E-state index < -0.39 is 5.97 Å². The number of nitrogens with zero attached hydrogens (tertiary/aromatic N) is 2. The van der Waals surface area contributed by atoms with Crippen LogP contribution in [-0.2, 0) is 4.79 Å². The van der Waals surface area contributed by atoms with Crippen LogP contribution in [0.5, 0.6) is 0 Å². The number of pyridine rings is 1. The minimum absolute atomic E-state index is 0.103. The molecule has 1 aliphatic heterocycles. The summed E-state index contributed by atoms with van der Waals surface area (Å²) in [4.78, 5) is 29.5. The van der Waals surface area contributed by atoms with Crippen molar-refractivity contribution < 1.29 is 19.1 Å². The van der Waals surface area contributed by atoms with E-state index in [1.165, 1.54) is 18.3 Å². The predicted octanol–water partition coefficient (Wildman–Crippen LogP) is 2.95. The molecule has 1 aromatic heterocycles. The van der Waals surface area contributed by atoms with Crippen LogP contribution in [0.2, 0.25) is 0 Å². The molecule has 1 aromatic carbocycles. The first-order chi connectivity index (χ1) is 13.5. The summed E-state index contributed by atoms with van der Waals surface area (Å²) in [6.07, 6.45) is 4.03. The Morgan fingerprint density at radius 3 is 2.64 bits per heavy atom. The summed E-state index contributed by atoms with van der Waals surface area (Å²) >= 11 is 0. The first kappa shape index (κ1) is 19.9. The fourth-order valence-corrected chi connectivity index (χ4v) is 3.37. The molecule has 3 rings (SSSR count). The van der Waals surface area contributed by atoms with E-state index in [0.29, 0.717) is 23.2 Å². The van der Waals surface area contributed by atoms with Crippen molar-refractivity contribution in [3.05, 3.63) is 54.0 Å². The van der Waals surface area contributed by atoms with Crippen molar-refractivity contribution in [2.75, 3.05) is 19.6 Å². The van der Waals surface area contributed by atoms with E-state index in [2.05, 4.69) is 15.2 Å². The van der Waals surface area contributed by atoms with Gasteiger partial charge in [0.15, 0.2) is 0 Å². The summed E-state index contributed by atoms with van der Waals surface area (Å²) < 4.78 is 13.3. The summed E-state index contributed by atoms with van der Waals surface area (Å²) in [6.45, 7) is 2.47. The lowest BCUT2D eigenvalue weighted by atomic mass is 10.0. The minimum atomic E-state index is -0.765. The maximum Gasteiger partial charge on any atom is 0.303 e. The van der Waals surface area contributed by atoms with Crippen molar-refractivity contribution in [1.29, 1.82) is 0 Å². The zero-order valence-electron chi connectivity index (χ0n) is 15.6. The zero-order valence-corrected chi connectivity index (χ0v) is 15.6. The van der Waals surface area contributed by atoms with Crippen LogP contribution in [0.15, 0.2) is 42.6 Å². The first-order valence-electron chi connectivity index (χ1n) is 9.48. The molecule has 2 heterocycles. The van der Waals surface area contributed by atoms with Crippen LogP contribution in [0.25, 0.3) is 11.3 Å². The first-order valence-corrected chi connectivity index (χ1v) is 9.48. The number of amides is 1. The number of hydrogen-bond acceptors (Lipinski definition) is 4. The highest BCUT2D eigenvalue weighted by atomic mass is 19.1. The molecule has 7 heteroatoms. The van der Waals surface area contributed by atoms with Crippen molar-refractivity contribution in [2.45, 2.75) is 31.7 Å². The maximum absolute atomic E-state index is 13.3. The molecule has 0 saturated carbocycles. The Balaban J connectivity index is 1.48. The van der Waals surface area contributed by atoms with Crippen LogP contribution < -0.4 is 5.32 Å². The molecular weight excluding hydrogens is 361 g/mol. The van der Waals surface area contributed by atoms with Gasteiger partial charge >= 0.3 is 5.97 Å². The third-order valence-corrected chi connectivity index (χ3v) is 4.93. The van der Waals surface area contributed by atoms with E-state index in [1.807, 2.05) is 0 Å². The van der Waals surface area contributed by atoms with Crippen molar-refractivity contribution in [3.8, 4) is 11.3 Å². The topological polar surface area (TPSA) is 82.5 Å². The van der Waals surface area contributed by atoms with Gasteiger partial charge in [-0.1, -0.05) is 12.1 Å². The van der Waals surface area contributed by atoms with Gasteiger partial charge in [-0.05, 0) is 50.1 Å². The van der Waals surface area contributed by atoms with Crippen molar-refractivity contribution in [1.82, 2.24) is 15.2 Å². The third kappa shape index (κ3) is 5.60. The van der Waals surface area contributed by atoms with Crippen LogP contribution in [0, 0.1) is 5.82 Å². The average Bonchev–Trinajstić information content (AvgIpc) is 2.69. The highest BCUT2D eigenvalue weighted by Gasteiger charge is 2.21. The van der Waals surface area contributed by atoms with Crippen molar-refractivity contribution >= 4 is 11.9 Å². The van der Waals surface area contributed by atoms with Crippen LogP contribution in [0.3, 0.4) is 0 Å². The van der Waals surface area contributed by atoms with E-state index in [0.717, 1.165) is 32.5 Å². The predicted molar refractivity (Wildman–Crippen MR) is 103 cm³/mol. The molecule has 0 unspecified atom stereocenters. The lowest BCUT2D eigenvalue weighted by Gasteiger charge is -2.32. The molecule has 1 fully saturated rings. The van der Waals surface area contributed by atoms with Crippen molar-refractivity contribution in [3.63, 3.8) is 0 Å². The van der Waals surface area contributed by atoms with Crippen LogP contribution in [0.4, 0.5) is 4.39 Å². The Labute approximate surface area is 163 Å². The van der Waals surface area contributed by atoms with Gasteiger partial charge in [0.2, 0.25) is 0 Å². The van der Waals surface area contributed by atoms with Gasteiger partial charge in [0, 0.05) is 37.3 Å². The molecule has 0 bridgehead atoms. The van der Waals surface area contributed by atoms with Crippen molar-refractivity contribution in [2.24, 2.45) is 0 Å². The number of hydrogen-bond donors (Lipinski definition) is 2. The van der Waals surface area contributed by atoms with E-state index in [4.69, 9.17) is 5.11 Å². The number of carbonyl (C=O) groups excluding carboxylic acids is 1. The third-order valence-electron chi connectivity index (χ3n) is 4.93. The van der Waals surface area contributed by atoms with Gasteiger partial charge < -0.3 is 15.3 Å². The molecule has 0 atom stereocenters. The maximum atomic E-state index is 13.3. The second kappa shape index (κ2) is 9.41. The molecule has 28 heavy (non-hydrogen) atoms. The average molecular weight is 385 g/mol. The number of piperidine rings is 1. The SMILES string of the molecule is O=C(O)CCCN1CCC(NC(=O)c2ccc(-c3cccc(F)c3)nc2)CC1. The van der Waals surface area contributed by atoms with Gasteiger partial charge in [-0.2, -0.15) is 0 Å². The van der Waals surface area contributed by atoms with Crippen LogP contribution >= 0.6 is 0 Å². The molecular formula is C21H24FN3O3. The summed E-state index contributed by atoms with van der Waals surface area (Å²) in [6, 6.07) is 9.70. The van der Waals surface area contributed by atoms with Crippen LogP contribution in [-0.4, -0.2) is 52.5 Å². The van der Waals surface area contributed by atoms with Gasteiger partial charge in [-0.15, -0.1) is 0 Å². The van der Waals surface area contributed by atoms with E-state index in [9.17, 15) is 14.0 Å². The summed E-state index contributed by atoms with van der Waals surface area (Å²) in [5.41, 5.74) is 1.76. The number of aromatic nitrogens is 1. The highest BCUT2D eigenvalue weighted by molar-refractivity contribution is 5.94. The lowest BCUT2D eigenvalue weighted by molar-refractivity contribution is -0.137. The fraction of sp³-hybridized carbons (Fsp3) is 0.381. The van der Waals surface area contributed by atoms with Crippen LogP contribution in [0.1, 0.15) is 36.0 Å². The molecule has 6 nitrogen and oxygen atoms in total. The largest absolute Gasteiger partial charge is 0.481 e. The standard InChI is InChI=1S/C21H24FN3O3/c22-17-4-1-3-15(13-17)19-7-6-16(14-23-19)21(28)24-18-8-11-25(12-9-18)10-2-5-20(26)27/h1,3-4,6-7,13-14,18H,2,5,8-12H2,(H,24,28)(H,26,27). The number of carbonyl (C=O) groups is 2. The second-order valence-corrected chi connectivity index (χ2v) is 7.03. The number of likely N-dealkylation sites (tertiary alicyclic amines) is 1. The summed E-state index contributed by atoms with van der Waals surface area (Å²) in [5, 5.41) is 11.7. The Kier molecular flexibility index (Phi) is 6.71. The number of halogens is 1. The van der Waals surface area contributed by atoms with Gasteiger partial charge in [-0.25, -0.2) is 4.39 Å². The van der Waals surface area contributed by atoms with Gasteiger partial charge in [-0.3, -0.25) is 14.6 Å². The molecule has 2 N–H and O–H groups in total. The van der Waals surface area contributed by atoms with Gasteiger partial charge in [0.05, 0.1) is 11.3 Å². The van der Waals surface area contributed by atoms with Gasteiger partial charge in [0.1, 0.15) is 5.82 Å². The van der Waals surface area contributed by atoms with E-state index in [-0.39, 0.29) is 24.2 Å². The molecule has 1 amide bonds. The molecule has 148 valence electrons. The number of benzene rings is 1. The minimum Gasteiger partial charge on any atom is -0.481 e. The number of carboxylic acid groups (broad SMARTS) is 1. The summed E-state index contributed by atoms with van der Waals surface area (Å²) in [5.74, 6) is -1.25. The van der Waals surface area contributed by atoms with E-state index in [1.54, 1.807) is 24.3 Å². The monoisotopic (exact) mass is 385 g/mol.